The molecule has 1 heterocycles. The number of aliphatic hydroxyl groups is 2. The number of esters is 1. The van der Waals surface area contributed by atoms with E-state index in [-0.39, 0.29) is 10.8 Å². The van der Waals surface area contributed by atoms with E-state index >= 15 is 0 Å². The molecule has 3 aliphatic rings. The van der Waals surface area contributed by atoms with E-state index in [1.807, 2.05) is 0 Å². The predicted octanol–water partition coefficient (Wildman–Crippen LogP) is 5.06. The van der Waals surface area contributed by atoms with Gasteiger partial charge in [-0.15, -0.1) is 6.58 Å². The van der Waals surface area contributed by atoms with Crippen molar-refractivity contribution < 1.29 is 19.7 Å². The number of aliphatic hydroxyl groups excluding tert-OH is 2. The van der Waals surface area contributed by atoms with Crippen LogP contribution in [0.5, 0.6) is 0 Å². The van der Waals surface area contributed by atoms with Crippen LogP contribution in [-0.2, 0) is 9.53 Å². The Kier molecular flexibility index (Phi) is 6.45. The van der Waals surface area contributed by atoms with E-state index in [1.165, 1.54) is 37.3 Å². The van der Waals surface area contributed by atoms with Crippen molar-refractivity contribution in [3.8, 4) is 0 Å². The summed E-state index contributed by atoms with van der Waals surface area (Å²) in [5.41, 5.74) is 3.27. The highest BCUT2D eigenvalue weighted by Gasteiger charge is 2.50. The maximum Gasteiger partial charge on any atom is 0.333 e. The summed E-state index contributed by atoms with van der Waals surface area (Å²) in [5.74, 6) is 0.288. The van der Waals surface area contributed by atoms with Crippen LogP contribution in [-0.4, -0.2) is 28.6 Å². The zero-order valence-corrected chi connectivity index (χ0v) is 18.5. The van der Waals surface area contributed by atoms with E-state index in [1.54, 1.807) is 5.57 Å². The maximum atomic E-state index is 11.5. The van der Waals surface area contributed by atoms with Crippen LogP contribution in [0, 0.1) is 22.7 Å². The summed E-state index contributed by atoms with van der Waals surface area (Å²) < 4.78 is 4.79. The summed E-state index contributed by atoms with van der Waals surface area (Å²) in [4.78, 5) is 11.5. The molecule has 1 fully saturated rings. The number of cyclic esters (lactones) is 1. The highest BCUT2D eigenvalue weighted by Crippen LogP contribution is 2.59. The Bertz CT molecular complexity index is 720. The van der Waals surface area contributed by atoms with Gasteiger partial charge in [-0.2, -0.15) is 0 Å². The lowest BCUT2D eigenvalue weighted by atomic mass is 9.50. The van der Waals surface area contributed by atoms with Gasteiger partial charge in [0, 0.05) is 11.6 Å². The summed E-state index contributed by atoms with van der Waals surface area (Å²) in [5, 5.41) is 20.9. The Balaban J connectivity index is 1.81. The quantitative estimate of drug-likeness (QED) is 0.461. The van der Waals surface area contributed by atoms with Crippen molar-refractivity contribution in [2.24, 2.45) is 22.7 Å². The van der Waals surface area contributed by atoms with E-state index in [4.69, 9.17) is 4.74 Å². The van der Waals surface area contributed by atoms with Crippen LogP contribution >= 0.6 is 0 Å². The molecule has 2 aliphatic carbocycles. The molecule has 29 heavy (non-hydrogen) atoms. The fraction of sp³-hybridized carbons (Fsp3) is 0.720. The largest absolute Gasteiger partial charge is 0.429 e. The molecule has 6 atom stereocenters. The summed E-state index contributed by atoms with van der Waals surface area (Å²) in [6.07, 6.45) is 10.1. The third kappa shape index (κ3) is 4.39. The molecule has 0 aromatic rings. The molecule has 0 radical (unpaired) electrons. The monoisotopic (exact) mass is 402 g/mol. The molecule has 0 bridgehead atoms. The first-order valence-corrected chi connectivity index (χ1v) is 11.2. The van der Waals surface area contributed by atoms with Crippen LogP contribution in [0.3, 0.4) is 0 Å². The van der Waals surface area contributed by atoms with Gasteiger partial charge in [0.2, 0.25) is 6.29 Å². The standard InChI is InChI=1S/C25H38O4/c1-16(2)8-6-12-24(4)13-7-9-20-19(24)11-10-17(3)25(20,5)15-21(26)18-14-22(27)29-23(18)28/h11,14,17,20-21,23,26,28H,1,6-10,12-13,15H2,2-5H3/t17-,20+,21-,23-,24-,25-/m0/s1. The van der Waals surface area contributed by atoms with Crippen molar-refractivity contribution in [2.75, 3.05) is 0 Å². The maximum absolute atomic E-state index is 11.5. The lowest BCUT2D eigenvalue weighted by molar-refractivity contribution is -0.152. The van der Waals surface area contributed by atoms with Crippen molar-refractivity contribution >= 4 is 5.97 Å². The first-order chi connectivity index (χ1) is 13.6. The highest BCUT2D eigenvalue weighted by atomic mass is 16.6. The molecular weight excluding hydrogens is 364 g/mol. The summed E-state index contributed by atoms with van der Waals surface area (Å²) in [7, 11) is 0. The average molecular weight is 403 g/mol. The minimum absolute atomic E-state index is 0.0776. The SMILES string of the molecule is C=C(C)CCC[C@@]1(C)CCC[C@@H]2C1=CC[C@H](C)[C@]2(C)C[C@H](O)C1=CC(=O)O[C@@H]1O. The van der Waals surface area contributed by atoms with Gasteiger partial charge in [-0.1, -0.05) is 44.4 Å². The van der Waals surface area contributed by atoms with E-state index in [2.05, 4.69) is 40.3 Å². The molecule has 4 nitrogen and oxygen atoms in total. The van der Waals surface area contributed by atoms with Gasteiger partial charge in [0.25, 0.3) is 0 Å². The number of hydrogen-bond donors (Lipinski definition) is 2. The lowest BCUT2D eigenvalue weighted by Gasteiger charge is -2.54. The first kappa shape index (κ1) is 22.3. The van der Waals surface area contributed by atoms with Crippen molar-refractivity contribution in [2.45, 2.75) is 91.5 Å². The van der Waals surface area contributed by atoms with Crippen LogP contribution in [0.1, 0.15) is 79.1 Å². The molecule has 0 aromatic heterocycles. The number of hydrogen-bond acceptors (Lipinski definition) is 4. The normalized spacial score (nSPS) is 38.0. The van der Waals surface area contributed by atoms with Crippen LogP contribution in [0.15, 0.2) is 35.5 Å². The minimum Gasteiger partial charge on any atom is -0.429 e. The second kappa shape index (κ2) is 8.39. The molecule has 0 aromatic carbocycles. The predicted molar refractivity (Wildman–Crippen MR) is 115 cm³/mol. The molecule has 1 aliphatic heterocycles. The molecule has 1 saturated carbocycles. The topological polar surface area (TPSA) is 66.8 Å². The number of ether oxygens (including phenoxy) is 1. The third-order valence-electron chi connectivity index (χ3n) is 8.05. The van der Waals surface area contributed by atoms with Gasteiger partial charge in [-0.25, -0.2) is 4.79 Å². The van der Waals surface area contributed by atoms with Gasteiger partial charge in [0.1, 0.15) is 0 Å². The van der Waals surface area contributed by atoms with E-state index in [9.17, 15) is 15.0 Å². The number of allylic oxidation sites excluding steroid dienone is 3. The Morgan fingerprint density at radius 2 is 2.14 bits per heavy atom. The molecule has 0 unspecified atom stereocenters. The molecule has 0 saturated heterocycles. The van der Waals surface area contributed by atoms with Crippen molar-refractivity contribution in [3.63, 3.8) is 0 Å². The first-order valence-electron chi connectivity index (χ1n) is 11.2. The number of fused-ring (bicyclic) bond motifs is 1. The smallest absolute Gasteiger partial charge is 0.333 e. The molecule has 0 spiro atoms. The van der Waals surface area contributed by atoms with Crippen LogP contribution < -0.4 is 0 Å². The molecule has 2 N–H and O–H groups in total. The summed E-state index contributed by atoms with van der Waals surface area (Å²) in [6, 6.07) is 0. The zero-order chi connectivity index (χ0) is 21.4. The van der Waals surface area contributed by atoms with Gasteiger partial charge in [0.15, 0.2) is 0 Å². The van der Waals surface area contributed by atoms with Gasteiger partial charge < -0.3 is 14.9 Å². The van der Waals surface area contributed by atoms with Gasteiger partial charge in [0.05, 0.1) is 6.10 Å². The van der Waals surface area contributed by atoms with Crippen LogP contribution in [0.2, 0.25) is 0 Å². The van der Waals surface area contributed by atoms with Crippen molar-refractivity contribution in [1.29, 1.82) is 0 Å². The number of rotatable bonds is 7. The Labute approximate surface area is 175 Å². The average Bonchev–Trinajstić information content (AvgIpc) is 2.97. The Hall–Kier alpha value is -1.39. The van der Waals surface area contributed by atoms with Crippen LogP contribution in [0.25, 0.3) is 0 Å². The molecule has 162 valence electrons. The van der Waals surface area contributed by atoms with E-state index in [0.29, 0.717) is 23.8 Å². The van der Waals surface area contributed by atoms with E-state index in [0.717, 1.165) is 19.3 Å². The summed E-state index contributed by atoms with van der Waals surface area (Å²) in [6.45, 7) is 13.1. The second-order valence-corrected chi connectivity index (χ2v) is 10.3. The van der Waals surface area contributed by atoms with Gasteiger partial charge in [-0.05, 0) is 74.5 Å². The fourth-order valence-electron chi connectivity index (χ4n) is 6.01. The second-order valence-electron chi connectivity index (χ2n) is 10.3. The molecule has 3 rings (SSSR count). The van der Waals surface area contributed by atoms with Crippen LogP contribution in [0.4, 0.5) is 0 Å². The number of carbonyl (C=O) groups is 1. The third-order valence-corrected chi connectivity index (χ3v) is 8.05. The lowest BCUT2D eigenvalue weighted by Crippen LogP contribution is -2.46. The Morgan fingerprint density at radius 1 is 1.41 bits per heavy atom. The molecule has 4 heteroatoms. The van der Waals surface area contributed by atoms with Gasteiger partial charge in [-0.3, -0.25) is 0 Å². The Morgan fingerprint density at radius 3 is 2.76 bits per heavy atom. The van der Waals surface area contributed by atoms with Crippen molar-refractivity contribution in [3.05, 3.63) is 35.5 Å². The summed E-state index contributed by atoms with van der Waals surface area (Å²) >= 11 is 0. The highest BCUT2D eigenvalue weighted by molar-refractivity contribution is 5.85. The number of carbonyl (C=O) groups excluding carboxylic acids is 1. The van der Waals surface area contributed by atoms with Gasteiger partial charge >= 0.3 is 5.97 Å². The zero-order valence-electron chi connectivity index (χ0n) is 18.5. The molecule has 0 amide bonds. The molecular formula is C25H38O4. The fourth-order valence-corrected chi connectivity index (χ4v) is 6.01. The minimum atomic E-state index is -1.31. The van der Waals surface area contributed by atoms with E-state index < -0.39 is 18.4 Å². The van der Waals surface area contributed by atoms with Crippen molar-refractivity contribution in [1.82, 2.24) is 0 Å².